The van der Waals surface area contributed by atoms with Crippen molar-refractivity contribution in [3.8, 4) is 11.3 Å². The summed E-state index contributed by atoms with van der Waals surface area (Å²) in [6.07, 6.45) is 5.56. The molecule has 1 saturated carbocycles. The Kier molecular flexibility index (Phi) is 4.51. The lowest BCUT2D eigenvalue weighted by molar-refractivity contribution is -0.144. The molecule has 1 aliphatic heterocycles. The van der Waals surface area contributed by atoms with Crippen molar-refractivity contribution in [2.75, 3.05) is 5.32 Å². The molecule has 3 aromatic rings. The smallest absolute Gasteiger partial charge is 0.358 e. The summed E-state index contributed by atoms with van der Waals surface area (Å²) < 4.78 is 5.64. The Labute approximate surface area is 178 Å². The lowest BCUT2D eigenvalue weighted by Gasteiger charge is -2.40. The van der Waals surface area contributed by atoms with Gasteiger partial charge in [0.25, 0.3) is 5.91 Å². The largest absolute Gasteiger partial charge is 0.449 e. The molecule has 2 N–H and O–H groups in total. The molecule has 31 heavy (non-hydrogen) atoms. The van der Waals surface area contributed by atoms with Crippen LogP contribution in [0.3, 0.4) is 0 Å². The van der Waals surface area contributed by atoms with Gasteiger partial charge in [-0.25, -0.2) is 14.8 Å². The van der Waals surface area contributed by atoms with Crippen molar-refractivity contribution in [1.82, 2.24) is 15.0 Å². The molecule has 1 aliphatic carbocycles. The lowest BCUT2D eigenvalue weighted by Crippen LogP contribution is -2.49. The number of amides is 1. The highest BCUT2D eigenvalue weighted by molar-refractivity contribution is 5.97. The van der Waals surface area contributed by atoms with E-state index in [1.165, 1.54) is 6.20 Å². The van der Waals surface area contributed by atoms with E-state index in [9.17, 15) is 14.7 Å². The highest BCUT2D eigenvalue weighted by Crippen LogP contribution is 2.48. The molecule has 0 bridgehead atoms. The maximum atomic E-state index is 12.8. The predicted octanol–water partition coefficient (Wildman–Crippen LogP) is 2.85. The Balaban J connectivity index is 1.28. The summed E-state index contributed by atoms with van der Waals surface area (Å²) in [5.41, 5.74) is 0.236. The van der Waals surface area contributed by atoms with Gasteiger partial charge in [0.05, 0.1) is 18.1 Å². The van der Waals surface area contributed by atoms with Crippen molar-refractivity contribution in [1.29, 1.82) is 0 Å². The van der Waals surface area contributed by atoms with Gasteiger partial charge in [0.2, 0.25) is 0 Å². The fraction of sp³-hybridized carbons (Fsp3) is 0.261. The summed E-state index contributed by atoms with van der Waals surface area (Å²) in [7, 11) is 0. The first kappa shape index (κ1) is 19.3. The van der Waals surface area contributed by atoms with E-state index in [-0.39, 0.29) is 18.7 Å². The number of nitrogens with zero attached hydrogens (tertiary/aromatic N) is 3. The van der Waals surface area contributed by atoms with Crippen LogP contribution in [0.15, 0.2) is 61.1 Å². The fourth-order valence-corrected chi connectivity index (χ4v) is 4.27. The number of aliphatic hydroxyl groups is 1. The van der Waals surface area contributed by atoms with Crippen LogP contribution in [-0.2, 0) is 15.1 Å². The molecule has 0 atom stereocenters. The Hall–Kier alpha value is -3.65. The van der Waals surface area contributed by atoms with Crippen molar-refractivity contribution in [2.45, 2.75) is 36.9 Å². The monoisotopic (exact) mass is 416 g/mol. The second-order valence-corrected chi connectivity index (χ2v) is 7.92. The van der Waals surface area contributed by atoms with Crippen LogP contribution >= 0.6 is 0 Å². The average molecular weight is 416 g/mol. The first-order chi connectivity index (χ1) is 15.0. The molecule has 1 fully saturated rings. The number of nitrogens with one attached hydrogen (secondary N) is 1. The number of ether oxygens (including phenoxy) is 1. The van der Waals surface area contributed by atoms with Gasteiger partial charge in [-0.1, -0.05) is 36.4 Å². The van der Waals surface area contributed by atoms with Crippen LogP contribution in [0.5, 0.6) is 0 Å². The van der Waals surface area contributed by atoms with Crippen molar-refractivity contribution >= 4 is 17.7 Å². The number of aromatic nitrogens is 3. The number of anilines is 1. The highest BCUT2D eigenvalue weighted by Gasteiger charge is 2.53. The minimum absolute atomic E-state index is 0.149. The summed E-state index contributed by atoms with van der Waals surface area (Å²) in [4.78, 5) is 37.7. The maximum absolute atomic E-state index is 12.8. The lowest BCUT2D eigenvalue weighted by atomic mass is 9.73. The zero-order chi connectivity index (χ0) is 21.5. The molecule has 0 radical (unpaired) electrons. The van der Waals surface area contributed by atoms with Crippen LogP contribution in [0.25, 0.3) is 11.3 Å². The number of carbonyl (C=O) groups is 2. The van der Waals surface area contributed by atoms with Gasteiger partial charge in [0, 0.05) is 17.3 Å². The predicted molar refractivity (Wildman–Crippen MR) is 111 cm³/mol. The van der Waals surface area contributed by atoms with Crippen molar-refractivity contribution in [3.63, 3.8) is 0 Å². The van der Waals surface area contributed by atoms with Crippen molar-refractivity contribution in [3.05, 3.63) is 72.3 Å². The SMILES string of the molecule is O=C1OC2(CCC(O)(C(=O)Nc3cnc(-c4ccccc4)cn3)CC2)c2cccnc21. The van der Waals surface area contributed by atoms with Gasteiger partial charge < -0.3 is 15.2 Å². The molecule has 8 heteroatoms. The van der Waals surface area contributed by atoms with E-state index in [1.54, 1.807) is 18.5 Å². The third-order valence-corrected chi connectivity index (χ3v) is 6.05. The molecular formula is C23H20N4O4. The molecule has 156 valence electrons. The summed E-state index contributed by atoms with van der Waals surface area (Å²) in [5.74, 6) is -0.737. The summed E-state index contributed by atoms with van der Waals surface area (Å²) in [6.45, 7) is 0. The second-order valence-electron chi connectivity index (χ2n) is 7.92. The number of pyridine rings is 1. The zero-order valence-electron chi connectivity index (χ0n) is 16.6. The van der Waals surface area contributed by atoms with Crippen molar-refractivity contribution < 1.29 is 19.4 Å². The Morgan fingerprint density at radius 2 is 1.74 bits per heavy atom. The summed E-state index contributed by atoms with van der Waals surface area (Å²) >= 11 is 0. The standard InChI is InChI=1S/C23H20N4O4/c28-20-19-16(7-4-12-24-19)23(31-20)10-8-22(30,9-11-23)21(29)27-18-14-25-17(13-26-18)15-5-2-1-3-6-15/h1-7,12-14,30H,8-11H2,(H,26,27,29). The van der Waals surface area contributed by atoms with Gasteiger partial charge in [-0.15, -0.1) is 0 Å². The highest BCUT2D eigenvalue weighted by atomic mass is 16.6. The Morgan fingerprint density at radius 1 is 0.968 bits per heavy atom. The number of carbonyl (C=O) groups excluding carboxylic acids is 2. The molecule has 1 aromatic carbocycles. The molecule has 8 nitrogen and oxygen atoms in total. The Morgan fingerprint density at radius 3 is 2.45 bits per heavy atom. The number of esters is 1. The number of fused-ring (bicyclic) bond motifs is 2. The van der Waals surface area contributed by atoms with Crippen LogP contribution in [0.1, 0.15) is 41.7 Å². The second kappa shape index (κ2) is 7.24. The first-order valence-corrected chi connectivity index (χ1v) is 10.1. The number of rotatable bonds is 3. The fourth-order valence-electron chi connectivity index (χ4n) is 4.27. The number of hydrogen-bond donors (Lipinski definition) is 2. The van der Waals surface area contributed by atoms with Crippen LogP contribution in [0.2, 0.25) is 0 Å². The quantitative estimate of drug-likeness (QED) is 0.631. The van der Waals surface area contributed by atoms with Gasteiger partial charge >= 0.3 is 5.97 Å². The van der Waals surface area contributed by atoms with Gasteiger partial charge in [-0.05, 0) is 31.7 Å². The van der Waals surface area contributed by atoms with Crippen LogP contribution in [0.4, 0.5) is 5.82 Å². The molecular weight excluding hydrogens is 396 g/mol. The first-order valence-electron chi connectivity index (χ1n) is 10.1. The zero-order valence-corrected chi connectivity index (χ0v) is 16.6. The molecule has 1 amide bonds. The summed E-state index contributed by atoms with van der Waals surface area (Å²) in [5, 5.41) is 13.6. The molecule has 0 unspecified atom stereocenters. The minimum atomic E-state index is -1.58. The summed E-state index contributed by atoms with van der Waals surface area (Å²) in [6, 6.07) is 13.2. The average Bonchev–Trinajstić information content (AvgIpc) is 3.09. The molecule has 0 saturated heterocycles. The van der Waals surface area contributed by atoms with Gasteiger partial charge in [0.15, 0.2) is 11.5 Å². The van der Waals surface area contributed by atoms with Crippen LogP contribution in [-0.4, -0.2) is 37.5 Å². The van der Waals surface area contributed by atoms with E-state index in [4.69, 9.17) is 4.74 Å². The molecule has 2 aromatic heterocycles. The van der Waals surface area contributed by atoms with E-state index < -0.39 is 23.1 Å². The van der Waals surface area contributed by atoms with Gasteiger partial charge in [0.1, 0.15) is 11.2 Å². The van der Waals surface area contributed by atoms with E-state index in [1.807, 2.05) is 36.4 Å². The van der Waals surface area contributed by atoms with E-state index in [2.05, 4.69) is 20.3 Å². The maximum Gasteiger partial charge on any atom is 0.358 e. The number of hydrogen-bond acceptors (Lipinski definition) is 7. The van der Waals surface area contributed by atoms with E-state index in [0.717, 1.165) is 11.1 Å². The normalized spacial score (nSPS) is 24.5. The molecule has 3 heterocycles. The topological polar surface area (TPSA) is 114 Å². The molecule has 1 spiro atoms. The van der Waals surface area contributed by atoms with Crippen LogP contribution in [0, 0.1) is 0 Å². The van der Waals surface area contributed by atoms with Gasteiger partial charge in [-0.3, -0.25) is 9.78 Å². The molecule has 5 rings (SSSR count). The molecule has 2 aliphatic rings. The minimum Gasteiger partial charge on any atom is -0.449 e. The van der Waals surface area contributed by atoms with Crippen LogP contribution < -0.4 is 5.32 Å². The Bertz CT molecular complexity index is 1140. The third kappa shape index (κ3) is 3.34. The van der Waals surface area contributed by atoms with Crippen molar-refractivity contribution in [2.24, 2.45) is 0 Å². The van der Waals surface area contributed by atoms with E-state index in [0.29, 0.717) is 24.2 Å². The number of benzene rings is 1. The van der Waals surface area contributed by atoms with E-state index >= 15 is 0 Å². The van der Waals surface area contributed by atoms with Gasteiger partial charge in [-0.2, -0.15) is 0 Å². The third-order valence-electron chi connectivity index (χ3n) is 6.05.